The van der Waals surface area contributed by atoms with Crippen LogP contribution in [0.4, 0.5) is 5.69 Å². The minimum absolute atomic E-state index is 0.0775. The molecule has 0 aliphatic carbocycles. The van der Waals surface area contributed by atoms with Crippen molar-refractivity contribution in [3.63, 3.8) is 0 Å². The molecular formula is C10H15BrN2O. The summed E-state index contributed by atoms with van der Waals surface area (Å²) in [5, 5.41) is 12.4. The number of nitrogens with one attached hydrogen (secondary N) is 1. The molecule has 2 N–H and O–H groups in total. The molecule has 1 atom stereocenters. The predicted octanol–water partition coefficient (Wildman–Crippen LogP) is 2.27. The van der Waals surface area contributed by atoms with Crippen molar-refractivity contribution in [1.82, 2.24) is 4.98 Å². The van der Waals surface area contributed by atoms with Crippen LogP contribution < -0.4 is 5.32 Å². The first kappa shape index (κ1) is 11.5. The Labute approximate surface area is 92.7 Å². The molecule has 14 heavy (non-hydrogen) atoms. The number of aliphatic hydroxyl groups excluding tert-OH is 1. The molecule has 0 aliphatic rings. The third kappa shape index (κ3) is 2.96. The van der Waals surface area contributed by atoms with E-state index in [4.69, 9.17) is 5.11 Å². The van der Waals surface area contributed by atoms with Crippen LogP contribution in [0.3, 0.4) is 0 Å². The van der Waals surface area contributed by atoms with Crippen LogP contribution in [-0.2, 0) is 0 Å². The molecule has 1 heterocycles. The Balaban J connectivity index is 2.72. The minimum atomic E-state index is 0.0775. The molecule has 0 saturated heterocycles. The summed E-state index contributed by atoms with van der Waals surface area (Å²) in [6.45, 7) is 4.28. The Hall–Kier alpha value is -0.610. The van der Waals surface area contributed by atoms with E-state index in [0.717, 1.165) is 10.2 Å². The first-order chi connectivity index (χ1) is 6.65. The fourth-order valence-electron chi connectivity index (χ4n) is 1.12. The van der Waals surface area contributed by atoms with E-state index in [2.05, 4.69) is 40.1 Å². The van der Waals surface area contributed by atoms with Gasteiger partial charge in [-0.1, -0.05) is 13.8 Å². The summed E-state index contributed by atoms with van der Waals surface area (Å²) in [4.78, 5) is 3.97. The standard InChI is InChI=1S/C10H15BrN2O/c1-7(2)10(6-14)13-9-3-4-12-5-8(9)11/h3-5,7,10,14H,6H2,1-2H3,(H,12,13)/t10-/m1/s1. The molecule has 0 radical (unpaired) electrons. The van der Waals surface area contributed by atoms with Crippen LogP contribution >= 0.6 is 15.9 Å². The maximum Gasteiger partial charge on any atom is 0.0635 e. The Morgan fingerprint density at radius 3 is 2.79 bits per heavy atom. The number of hydrogen-bond acceptors (Lipinski definition) is 3. The van der Waals surface area contributed by atoms with Gasteiger partial charge in [0.05, 0.1) is 22.8 Å². The van der Waals surface area contributed by atoms with Gasteiger partial charge >= 0.3 is 0 Å². The van der Waals surface area contributed by atoms with Crippen LogP contribution in [0.2, 0.25) is 0 Å². The second-order valence-electron chi connectivity index (χ2n) is 3.53. The molecule has 0 saturated carbocycles. The van der Waals surface area contributed by atoms with Crippen LogP contribution in [0.15, 0.2) is 22.9 Å². The summed E-state index contributed by atoms with van der Waals surface area (Å²) in [5.41, 5.74) is 0.966. The summed E-state index contributed by atoms with van der Waals surface area (Å²) >= 11 is 3.40. The number of aromatic nitrogens is 1. The first-order valence-corrected chi connectivity index (χ1v) is 5.41. The molecule has 0 amide bonds. The van der Waals surface area contributed by atoms with E-state index in [-0.39, 0.29) is 12.6 Å². The number of nitrogens with zero attached hydrogens (tertiary/aromatic N) is 1. The molecule has 0 fully saturated rings. The number of hydrogen-bond donors (Lipinski definition) is 2. The fraction of sp³-hybridized carbons (Fsp3) is 0.500. The highest BCUT2D eigenvalue weighted by Crippen LogP contribution is 2.22. The highest BCUT2D eigenvalue weighted by Gasteiger charge is 2.12. The molecule has 1 aromatic rings. The van der Waals surface area contributed by atoms with Gasteiger partial charge in [0.15, 0.2) is 0 Å². The maximum atomic E-state index is 9.16. The van der Waals surface area contributed by atoms with Crippen molar-refractivity contribution in [2.45, 2.75) is 19.9 Å². The SMILES string of the molecule is CC(C)[C@@H](CO)Nc1ccncc1Br. The van der Waals surface area contributed by atoms with E-state index in [0.29, 0.717) is 5.92 Å². The van der Waals surface area contributed by atoms with Gasteiger partial charge in [-0.15, -0.1) is 0 Å². The molecule has 0 spiro atoms. The van der Waals surface area contributed by atoms with Gasteiger partial charge in [0.25, 0.3) is 0 Å². The van der Waals surface area contributed by atoms with Gasteiger partial charge in [-0.25, -0.2) is 0 Å². The second-order valence-corrected chi connectivity index (χ2v) is 4.39. The van der Waals surface area contributed by atoms with E-state index >= 15 is 0 Å². The van der Waals surface area contributed by atoms with E-state index in [9.17, 15) is 0 Å². The van der Waals surface area contributed by atoms with Gasteiger partial charge in [-0.05, 0) is 27.9 Å². The molecule has 78 valence electrons. The molecular weight excluding hydrogens is 244 g/mol. The van der Waals surface area contributed by atoms with Gasteiger partial charge in [-0.3, -0.25) is 4.98 Å². The quantitative estimate of drug-likeness (QED) is 0.871. The molecule has 1 aromatic heterocycles. The van der Waals surface area contributed by atoms with Gasteiger partial charge in [0.2, 0.25) is 0 Å². The molecule has 0 bridgehead atoms. The van der Waals surface area contributed by atoms with E-state index < -0.39 is 0 Å². The summed E-state index contributed by atoms with van der Waals surface area (Å²) in [6.07, 6.45) is 3.46. The number of rotatable bonds is 4. The molecule has 0 aromatic carbocycles. The smallest absolute Gasteiger partial charge is 0.0635 e. The van der Waals surface area contributed by atoms with E-state index in [1.807, 2.05) is 6.07 Å². The number of aliphatic hydroxyl groups is 1. The summed E-state index contributed by atoms with van der Waals surface area (Å²) in [6, 6.07) is 1.96. The van der Waals surface area contributed by atoms with Crippen molar-refractivity contribution in [2.75, 3.05) is 11.9 Å². The van der Waals surface area contributed by atoms with E-state index in [1.165, 1.54) is 0 Å². The van der Waals surface area contributed by atoms with Crippen LogP contribution in [0, 0.1) is 5.92 Å². The largest absolute Gasteiger partial charge is 0.394 e. The molecule has 1 rings (SSSR count). The highest BCUT2D eigenvalue weighted by atomic mass is 79.9. The topological polar surface area (TPSA) is 45.1 Å². The number of pyridine rings is 1. The van der Waals surface area contributed by atoms with Crippen molar-refractivity contribution in [2.24, 2.45) is 5.92 Å². The summed E-state index contributed by atoms with van der Waals surface area (Å²) in [7, 11) is 0. The fourth-order valence-corrected chi connectivity index (χ4v) is 1.48. The zero-order chi connectivity index (χ0) is 10.6. The number of anilines is 1. The highest BCUT2D eigenvalue weighted by molar-refractivity contribution is 9.10. The van der Waals surface area contributed by atoms with Gasteiger partial charge in [0, 0.05) is 12.4 Å². The van der Waals surface area contributed by atoms with Crippen LogP contribution in [0.25, 0.3) is 0 Å². The lowest BCUT2D eigenvalue weighted by Crippen LogP contribution is -2.29. The van der Waals surface area contributed by atoms with Gasteiger partial charge < -0.3 is 10.4 Å². The Kier molecular flexibility index (Phi) is 4.35. The minimum Gasteiger partial charge on any atom is -0.394 e. The average molecular weight is 259 g/mol. The predicted molar refractivity (Wildman–Crippen MR) is 61.3 cm³/mol. The molecule has 3 nitrogen and oxygen atoms in total. The molecule has 4 heteroatoms. The Bertz CT molecular complexity index is 291. The number of halogens is 1. The van der Waals surface area contributed by atoms with Crippen molar-refractivity contribution >= 4 is 21.6 Å². The van der Waals surface area contributed by atoms with Crippen molar-refractivity contribution < 1.29 is 5.11 Å². The zero-order valence-electron chi connectivity index (χ0n) is 8.37. The monoisotopic (exact) mass is 258 g/mol. The van der Waals surface area contributed by atoms with Gasteiger partial charge in [-0.2, -0.15) is 0 Å². The van der Waals surface area contributed by atoms with Crippen molar-refractivity contribution in [3.05, 3.63) is 22.9 Å². The van der Waals surface area contributed by atoms with Gasteiger partial charge in [0.1, 0.15) is 0 Å². The zero-order valence-corrected chi connectivity index (χ0v) is 9.95. The van der Waals surface area contributed by atoms with E-state index in [1.54, 1.807) is 12.4 Å². The Morgan fingerprint density at radius 1 is 1.57 bits per heavy atom. The van der Waals surface area contributed by atoms with Crippen LogP contribution in [0.5, 0.6) is 0 Å². The van der Waals surface area contributed by atoms with Crippen LogP contribution in [-0.4, -0.2) is 22.7 Å². The second kappa shape index (κ2) is 5.32. The normalized spacial score (nSPS) is 12.9. The summed E-state index contributed by atoms with van der Waals surface area (Å²) < 4.78 is 0.916. The third-order valence-electron chi connectivity index (χ3n) is 2.11. The van der Waals surface area contributed by atoms with Crippen LogP contribution in [0.1, 0.15) is 13.8 Å². The first-order valence-electron chi connectivity index (χ1n) is 4.62. The average Bonchev–Trinajstić information content (AvgIpc) is 2.16. The molecule has 0 aliphatic heterocycles. The summed E-state index contributed by atoms with van der Waals surface area (Å²) in [5.74, 6) is 0.389. The third-order valence-corrected chi connectivity index (χ3v) is 2.75. The lowest BCUT2D eigenvalue weighted by atomic mass is 10.1. The van der Waals surface area contributed by atoms with Crippen molar-refractivity contribution in [3.8, 4) is 0 Å². The molecule has 0 unspecified atom stereocenters. The Morgan fingerprint density at radius 2 is 2.29 bits per heavy atom. The lowest BCUT2D eigenvalue weighted by molar-refractivity contribution is 0.249. The lowest BCUT2D eigenvalue weighted by Gasteiger charge is -2.21. The maximum absolute atomic E-state index is 9.16. The van der Waals surface area contributed by atoms with Crippen molar-refractivity contribution in [1.29, 1.82) is 0 Å².